The van der Waals surface area contributed by atoms with Gasteiger partial charge in [0.05, 0.1) is 0 Å². The average Bonchev–Trinajstić information content (AvgIpc) is 2.59. The highest BCUT2D eigenvalue weighted by Gasteiger charge is 2.00. The molecule has 0 aliphatic carbocycles. The summed E-state index contributed by atoms with van der Waals surface area (Å²) in [6.07, 6.45) is 3.33. The highest BCUT2D eigenvalue weighted by Crippen LogP contribution is 2.19. The number of fused-ring (bicyclic) bond motifs is 1. The van der Waals surface area contributed by atoms with Gasteiger partial charge in [0.25, 0.3) is 0 Å². The van der Waals surface area contributed by atoms with E-state index in [4.69, 9.17) is 0 Å². The standard InChI is InChI=1S/C20H16FNO/c21-18-11-8-15(9-12-18)14-22-20(23)13-10-17-6-3-5-16-4-1-2-7-19(16)17/h1-13H,14H2,(H,22,23)/b13-10+. The van der Waals surface area contributed by atoms with E-state index in [2.05, 4.69) is 5.32 Å². The lowest BCUT2D eigenvalue weighted by atomic mass is 10.0. The first-order valence-electron chi connectivity index (χ1n) is 7.40. The molecule has 114 valence electrons. The normalized spacial score (nSPS) is 11.0. The van der Waals surface area contributed by atoms with E-state index in [0.29, 0.717) is 6.54 Å². The predicted octanol–water partition coefficient (Wildman–Crippen LogP) is 4.31. The summed E-state index contributed by atoms with van der Waals surface area (Å²) in [5.41, 5.74) is 1.86. The van der Waals surface area contributed by atoms with Gasteiger partial charge in [-0.3, -0.25) is 4.79 Å². The van der Waals surface area contributed by atoms with Gasteiger partial charge in [0, 0.05) is 12.6 Å². The van der Waals surface area contributed by atoms with Crippen LogP contribution in [0.25, 0.3) is 16.8 Å². The topological polar surface area (TPSA) is 29.1 Å². The fourth-order valence-electron chi connectivity index (χ4n) is 2.41. The molecule has 1 N–H and O–H groups in total. The van der Waals surface area contributed by atoms with Gasteiger partial charge < -0.3 is 5.32 Å². The third-order valence-corrected chi connectivity index (χ3v) is 3.62. The van der Waals surface area contributed by atoms with Gasteiger partial charge in [-0.25, -0.2) is 4.39 Å². The Morgan fingerprint density at radius 2 is 1.70 bits per heavy atom. The van der Waals surface area contributed by atoms with E-state index in [1.54, 1.807) is 12.1 Å². The molecule has 3 aromatic rings. The molecule has 3 rings (SSSR count). The minimum atomic E-state index is -0.282. The van der Waals surface area contributed by atoms with Crippen LogP contribution in [0.2, 0.25) is 0 Å². The van der Waals surface area contributed by atoms with Crippen LogP contribution in [0.1, 0.15) is 11.1 Å². The number of benzene rings is 3. The zero-order valence-electron chi connectivity index (χ0n) is 12.5. The highest BCUT2D eigenvalue weighted by molar-refractivity contribution is 5.96. The highest BCUT2D eigenvalue weighted by atomic mass is 19.1. The van der Waals surface area contributed by atoms with Crippen LogP contribution in [0.15, 0.2) is 72.8 Å². The summed E-state index contributed by atoms with van der Waals surface area (Å²) in [7, 11) is 0. The molecule has 0 saturated carbocycles. The number of rotatable bonds is 4. The van der Waals surface area contributed by atoms with Gasteiger partial charge in [-0.15, -0.1) is 0 Å². The van der Waals surface area contributed by atoms with Gasteiger partial charge in [0.1, 0.15) is 5.82 Å². The van der Waals surface area contributed by atoms with Crippen molar-refractivity contribution in [3.8, 4) is 0 Å². The number of amides is 1. The Balaban J connectivity index is 1.67. The first-order valence-corrected chi connectivity index (χ1v) is 7.40. The number of hydrogen-bond donors (Lipinski definition) is 1. The first-order chi connectivity index (χ1) is 11.2. The molecule has 2 nitrogen and oxygen atoms in total. The molecule has 3 aromatic carbocycles. The number of carbonyl (C=O) groups excluding carboxylic acids is 1. The van der Waals surface area contributed by atoms with Crippen molar-refractivity contribution < 1.29 is 9.18 Å². The molecule has 0 saturated heterocycles. The third kappa shape index (κ3) is 3.83. The van der Waals surface area contributed by atoms with E-state index < -0.39 is 0 Å². The largest absolute Gasteiger partial charge is 0.348 e. The molecule has 0 heterocycles. The molecular formula is C20H16FNO. The molecule has 23 heavy (non-hydrogen) atoms. The zero-order valence-corrected chi connectivity index (χ0v) is 12.5. The molecule has 0 radical (unpaired) electrons. The number of hydrogen-bond acceptors (Lipinski definition) is 1. The van der Waals surface area contributed by atoms with Gasteiger partial charge in [-0.2, -0.15) is 0 Å². The SMILES string of the molecule is O=C(/C=C/c1cccc2ccccc12)NCc1ccc(F)cc1. The maximum Gasteiger partial charge on any atom is 0.244 e. The molecule has 0 unspecified atom stereocenters. The first kappa shape index (κ1) is 15.0. The van der Waals surface area contributed by atoms with Gasteiger partial charge in [0.15, 0.2) is 0 Å². The summed E-state index contributed by atoms with van der Waals surface area (Å²) in [5, 5.41) is 5.04. The van der Waals surface area contributed by atoms with Crippen molar-refractivity contribution in [2.45, 2.75) is 6.54 Å². The summed E-state index contributed by atoms with van der Waals surface area (Å²) in [6, 6.07) is 20.1. The fourth-order valence-corrected chi connectivity index (χ4v) is 2.41. The Kier molecular flexibility index (Phi) is 4.48. The van der Waals surface area contributed by atoms with E-state index >= 15 is 0 Å². The van der Waals surface area contributed by atoms with Crippen LogP contribution < -0.4 is 5.32 Å². The van der Waals surface area contributed by atoms with Crippen molar-refractivity contribution in [3.05, 3.63) is 89.8 Å². The minimum absolute atomic E-state index is 0.178. The molecule has 0 aliphatic rings. The quantitative estimate of drug-likeness (QED) is 0.715. The van der Waals surface area contributed by atoms with Gasteiger partial charge in [-0.05, 0) is 40.1 Å². The second kappa shape index (κ2) is 6.88. The van der Waals surface area contributed by atoms with Crippen LogP contribution in [-0.2, 0) is 11.3 Å². The molecule has 0 fully saturated rings. The van der Waals surface area contributed by atoms with Crippen molar-refractivity contribution in [1.82, 2.24) is 5.32 Å². The average molecular weight is 305 g/mol. The van der Waals surface area contributed by atoms with Crippen LogP contribution in [0.5, 0.6) is 0 Å². The molecular weight excluding hydrogens is 289 g/mol. The summed E-state index contributed by atoms with van der Waals surface area (Å²) in [6.45, 7) is 0.374. The lowest BCUT2D eigenvalue weighted by Crippen LogP contribution is -2.20. The molecule has 0 bridgehead atoms. The molecule has 0 aromatic heterocycles. The lowest BCUT2D eigenvalue weighted by Gasteiger charge is -2.03. The van der Waals surface area contributed by atoms with Crippen LogP contribution in [0.4, 0.5) is 4.39 Å². The van der Waals surface area contributed by atoms with E-state index in [1.807, 2.05) is 48.5 Å². The zero-order chi connectivity index (χ0) is 16.1. The van der Waals surface area contributed by atoms with Gasteiger partial charge in [0.2, 0.25) is 5.91 Å². The second-order valence-electron chi connectivity index (χ2n) is 5.25. The van der Waals surface area contributed by atoms with Crippen LogP contribution in [0, 0.1) is 5.82 Å². The van der Waals surface area contributed by atoms with E-state index in [9.17, 15) is 9.18 Å². The van der Waals surface area contributed by atoms with Crippen molar-refractivity contribution in [2.75, 3.05) is 0 Å². The molecule has 0 aliphatic heterocycles. The summed E-state index contributed by atoms with van der Waals surface area (Å²) in [4.78, 5) is 11.9. The van der Waals surface area contributed by atoms with Gasteiger partial charge >= 0.3 is 0 Å². The summed E-state index contributed by atoms with van der Waals surface area (Å²) in [5.74, 6) is -0.460. The second-order valence-corrected chi connectivity index (χ2v) is 5.25. The Bertz CT molecular complexity index is 848. The predicted molar refractivity (Wildman–Crippen MR) is 91.2 cm³/mol. The van der Waals surface area contributed by atoms with Crippen LogP contribution in [0.3, 0.4) is 0 Å². The molecule has 0 atom stereocenters. The van der Waals surface area contributed by atoms with Crippen LogP contribution in [-0.4, -0.2) is 5.91 Å². The van der Waals surface area contributed by atoms with Gasteiger partial charge in [-0.1, -0.05) is 54.6 Å². The molecule has 1 amide bonds. The lowest BCUT2D eigenvalue weighted by molar-refractivity contribution is -0.116. The smallest absolute Gasteiger partial charge is 0.244 e. The summed E-state index contributed by atoms with van der Waals surface area (Å²) < 4.78 is 12.8. The Hall–Kier alpha value is -2.94. The fraction of sp³-hybridized carbons (Fsp3) is 0.0500. The van der Waals surface area contributed by atoms with E-state index in [1.165, 1.54) is 18.2 Å². The van der Waals surface area contributed by atoms with Crippen molar-refractivity contribution >= 4 is 22.8 Å². The molecule has 3 heteroatoms. The van der Waals surface area contributed by atoms with Crippen molar-refractivity contribution in [2.24, 2.45) is 0 Å². The maximum atomic E-state index is 12.8. The number of nitrogens with one attached hydrogen (secondary N) is 1. The molecule has 0 spiro atoms. The maximum absolute atomic E-state index is 12.8. The minimum Gasteiger partial charge on any atom is -0.348 e. The van der Waals surface area contributed by atoms with E-state index in [0.717, 1.165) is 21.9 Å². The number of carbonyl (C=O) groups is 1. The monoisotopic (exact) mass is 305 g/mol. The Morgan fingerprint density at radius 1 is 0.957 bits per heavy atom. The Morgan fingerprint density at radius 3 is 2.52 bits per heavy atom. The number of halogens is 1. The summed E-state index contributed by atoms with van der Waals surface area (Å²) >= 11 is 0. The Labute approximate surface area is 134 Å². The van der Waals surface area contributed by atoms with Crippen molar-refractivity contribution in [3.63, 3.8) is 0 Å². The van der Waals surface area contributed by atoms with Crippen LogP contribution >= 0.6 is 0 Å². The van der Waals surface area contributed by atoms with Crippen molar-refractivity contribution in [1.29, 1.82) is 0 Å². The third-order valence-electron chi connectivity index (χ3n) is 3.62. The van der Waals surface area contributed by atoms with E-state index in [-0.39, 0.29) is 11.7 Å².